The lowest BCUT2D eigenvalue weighted by atomic mass is 10.0. The number of unbranched alkanes of at least 4 members (excludes halogenated alkanes) is 1. The molecule has 0 aliphatic carbocycles. The number of fused-ring (bicyclic) bond motifs is 1. The highest BCUT2D eigenvalue weighted by Crippen LogP contribution is 2.26. The van der Waals surface area contributed by atoms with Crippen LogP contribution in [-0.2, 0) is 6.54 Å². The molecular formula is C19H17N3O. The fraction of sp³-hybridized carbons (Fsp3) is 0.211. The summed E-state index contributed by atoms with van der Waals surface area (Å²) in [6, 6.07) is 14.9. The van der Waals surface area contributed by atoms with Gasteiger partial charge in [-0.2, -0.15) is 5.26 Å². The Kier molecular flexibility index (Phi) is 4.20. The zero-order valence-corrected chi connectivity index (χ0v) is 13.0. The molecule has 0 spiro atoms. The van der Waals surface area contributed by atoms with Gasteiger partial charge in [-0.1, -0.05) is 25.5 Å². The predicted molar refractivity (Wildman–Crippen MR) is 91.1 cm³/mol. The summed E-state index contributed by atoms with van der Waals surface area (Å²) in [4.78, 5) is 17.0. The summed E-state index contributed by atoms with van der Waals surface area (Å²) in [7, 11) is 0. The van der Waals surface area contributed by atoms with E-state index in [2.05, 4.69) is 18.0 Å². The fourth-order valence-corrected chi connectivity index (χ4v) is 2.73. The minimum Gasteiger partial charge on any atom is -0.293 e. The van der Waals surface area contributed by atoms with Crippen LogP contribution in [0.5, 0.6) is 0 Å². The van der Waals surface area contributed by atoms with Gasteiger partial charge in [0.25, 0.3) is 5.56 Å². The van der Waals surface area contributed by atoms with E-state index in [0.29, 0.717) is 17.8 Å². The van der Waals surface area contributed by atoms with Crippen molar-refractivity contribution in [2.45, 2.75) is 26.3 Å². The first-order chi connectivity index (χ1) is 11.2. The summed E-state index contributed by atoms with van der Waals surface area (Å²) in [5.74, 6) is 0. The van der Waals surface area contributed by atoms with Crippen molar-refractivity contribution in [1.82, 2.24) is 9.55 Å². The molecule has 0 aliphatic rings. The molecule has 23 heavy (non-hydrogen) atoms. The van der Waals surface area contributed by atoms with Gasteiger partial charge in [0.05, 0.1) is 11.6 Å². The van der Waals surface area contributed by atoms with Crippen LogP contribution in [0, 0.1) is 11.3 Å². The van der Waals surface area contributed by atoms with Crippen LogP contribution < -0.4 is 5.56 Å². The van der Waals surface area contributed by atoms with Crippen molar-refractivity contribution in [3.8, 4) is 17.2 Å². The van der Waals surface area contributed by atoms with Gasteiger partial charge in [0.1, 0.15) is 5.65 Å². The summed E-state index contributed by atoms with van der Waals surface area (Å²) in [6.45, 7) is 2.77. The van der Waals surface area contributed by atoms with Crippen LogP contribution in [0.25, 0.3) is 22.2 Å². The van der Waals surface area contributed by atoms with E-state index in [1.54, 1.807) is 29.0 Å². The Bertz CT molecular complexity index is 951. The van der Waals surface area contributed by atoms with Crippen LogP contribution >= 0.6 is 0 Å². The number of hydrogen-bond acceptors (Lipinski definition) is 3. The lowest BCUT2D eigenvalue weighted by molar-refractivity contribution is 0.627. The normalized spacial score (nSPS) is 10.6. The third-order valence-electron chi connectivity index (χ3n) is 3.90. The number of aromatic nitrogens is 2. The molecule has 0 saturated carbocycles. The highest BCUT2D eigenvalue weighted by molar-refractivity contribution is 5.92. The molecule has 4 heteroatoms. The highest BCUT2D eigenvalue weighted by atomic mass is 16.1. The van der Waals surface area contributed by atoms with E-state index in [0.717, 1.165) is 29.4 Å². The summed E-state index contributed by atoms with van der Waals surface area (Å²) in [5.41, 5.74) is 2.91. The molecule has 3 rings (SSSR count). The number of nitrogens with zero attached hydrogens (tertiary/aromatic N) is 3. The monoisotopic (exact) mass is 303 g/mol. The van der Waals surface area contributed by atoms with Crippen LogP contribution in [0.4, 0.5) is 0 Å². The van der Waals surface area contributed by atoms with E-state index in [1.807, 2.05) is 24.3 Å². The molecule has 0 amide bonds. The molecule has 1 aromatic carbocycles. The number of pyridine rings is 2. The maximum Gasteiger partial charge on any atom is 0.252 e. The van der Waals surface area contributed by atoms with E-state index in [1.165, 1.54) is 0 Å². The van der Waals surface area contributed by atoms with Crippen LogP contribution in [0.1, 0.15) is 25.3 Å². The second kappa shape index (κ2) is 6.45. The molecule has 0 saturated heterocycles. The molecule has 0 aliphatic heterocycles. The van der Waals surface area contributed by atoms with E-state index in [4.69, 9.17) is 5.26 Å². The average Bonchev–Trinajstić information content (AvgIpc) is 2.60. The van der Waals surface area contributed by atoms with Gasteiger partial charge in [-0.25, -0.2) is 4.98 Å². The molecular weight excluding hydrogens is 286 g/mol. The van der Waals surface area contributed by atoms with Crippen molar-refractivity contribution in [1.29, 1.82) is 5.26 Å². The molecule has 0 radical (unpaired) electrons. The minimum absolute atomic E-state index is 0.0537. The van der Waals surface area contributed by atoms with Crippen LogP contribution in [0.3, 0.4) is 0 Å². The lowest BCUT2D eigenvalue weighted by Crippen LogP contribution is -2.21. The maximum atomic E-state index is 12.5. The number of hydrogen-bond donors (Lipinski definition) is 0. The third-order valence-corrected chi connectivity index (χ3v) is 3.90. The van der Waals surface area contributed by atoms with E-state index >= 15 is 0 Å². The molecule has 0 bridgehead atoms. The van der Waals surface area contributed by atoms with Gasteiger partial charge in [-0.15, -0.1) is 0 Å². The Labute approximate surface area is 134 Å². The predicted octanol–water partition coefficient (Wildman–Crippen LogP) is 3.74. The molecule has 2 heterocycles. The molecule has 0 atom stereocenters. The zero-order chi connectivity index (χ0) is 16.2. The van der Waals surface area contributed by atoms with E-state index < -0.39 is 0 Å². The van der Waals surface area contributed by atoms with Gasteiger partial charge >= 0.3 is 0 Å². The minimum atomic E-state index is -0.0537. The number of aryl methyl sites for hydroxylation is 1. The van der Waals surface area contributed by atoms with Gasteiger partial charge in [0.15, 0.2) is 0 Å². The van der Waals surface area contributed by atoms with E-state index in [9.17, 15) is 4.79 Å². The van der Waals surface area contributed by atoms with Gasteiger partial charge in [-0.3, -0.25) is 9.36 Å². The van der Waals surface area contributed by atoms with Gasteiger partial charge in [0.2, 0.25) is 0 Å². The highest BCUT2D eigenvalue weighted by Gasteiger charge is 2.11. The summed E-state index contributed by atoms with van der Waals surface area (Å²) >= 11 is 0. The van der Waals surface area contributed by atoms with Crippen LogP contribution in [-0.4, -0.2) is 9.55 Å². The van der Waals surface area contributed by atoms with Gasteiger partial charge in [0, 0.05) is 24.2 Å². The molecule has 2 aromatic heterocycles. The number of rotatable bonds is 4. The Hall–Kier alpha value is -2.93. The first-order valence-electron chi connectivity index (χ1n) is 7.73. The van der Waals surface area contributed by atoms with Crippen molar-refractivity contribution >= 4 is 11.0 Å². The third kappa shape index (κ3) is 2.86. The molecule has 3 aromatic rings. The van der Waals surface area contributed by atoms with Crippen molar-refractivity contribution < 1.29 is 0 Å². The standard InChI is InChI=1S/C19H17N3O/c1-2-3-10-22-18(23)12-17(16-8-5-9-21-19(16)22)15-7-4-6-14(11-15)13-20/h4-9,11-12H,2-3,10H2,1H3. The topological polar surface area (TPSA) is 58.7 Å². The van der Waals surface area contributed by atoms with Crippen molar-refractivity contribution in [3.63, 3.8) is 0 Å². The average molecular weight is 303 g/mol. The lowest BCUT2D eigenvalue weighted by Gasteiger charge is -2.12. The van der Waals surface area contributed by atoms with Crippen LogP contribution in [0.2, 0.25) is 0 Å². The molecule has 4 nitrogen and oxygen atoms in total. The quantitative estimate of drug-likeness (QED) is 0.737. The Balaban J connectivity index is 2.27. The molecule has 114 valence electrons. The van der Waals surface area contributed by atoms with E-state index in [-0.39, 0.29) is 5.56 Å². The first-order valence-corrected chi connectivity index (χ1v) is 7.73. The summed E-state index contributed by atoms with van der Waals surface area (Å²) in [5, 5.41) is 10.0. The van der Waals surface area contributed by atoms with Gasteiger partial charge in [-0.05, 0) is 41.8 Å². The maximum absolute atomic E-state index is 12.5. The second-order valence-electron chi connectivity index (χ2n) is 5.47. The number of nitriles is 1. The van der Waals surface area contributed by atoms with Crippen molar-refractivity contribution in [3.05, 3.63) is 64.6 Å². The van der Waals surface area contributed by atoms with Gasteiger partial charge < -0.3 is 0 Å². The summed E-state index contributed by atoms with van der Waals surface area (Å²) in [6.07, 6.45) is 3.67. The second-order valence-corrected chi connectivity index (χ2v) is 5.47. The SMILES string of the molecule is CCCCn1c(=O)cc(-c2cccc(C#N)c2)c2cccnc21. The Morgan fingerprint density at radius 2 is 2.09 bits per heavy atom. The fourth-order valence-electron chi connectivity index (χ4n) is 2.73. The Morgan fingerprint density at radius 1 is 1.22 bits per heavy atom. The van der Waals surface area contributed by atoms with Crippen molar-refractivity contribution in [2.75, 3.05) is 0 Å². The van der Waals surface area contributed by atoms with Crippen LogP contribution in [0.15, 0.2) is 53.5 Å². The largest absolute Gasteiger partial charge is 0.293 e. The first kappa shape index (κ1) is 15.0. The zero-order valence-electron chi connectivity index (χ0n) is 13.0. The summed E-state index contributed by atoms with van der Waals surface area (Å²) < 4.78 is 1.73. The van der Waals surface area contributed by atoms with Crippen molar-refractivity contribution in [2.24, 2.45) is 0 Å². The molecule has 0 N–H and O–H groups in total. The molecule has 0 unspecified atom stereocenters. The smallest absolute Gasteiger partial charge is 0.252 e. The Morgan fingerprint density at radius 3 is 2.87 bits per heavy atom. The molecule has 0 fully saturated rings. The number of benzene rings is 1.